The summed E-state index contributed by atoms with van der Waals surface area (Å²) >= 11 is 0. The molecule has 24 heavy (non-hydrogen) atoms. The molecule has 1 aromatic heterocycles. The fourth-order valence-corrected chi connectivity index (χ4v) is 3.11. The molecule has 6 nitrogen and oxygen atoms in total. The van der Waals surface area contributed by atoms with E-state index < -0.39 is 6.04 Å². The molecule has 1 aromatic carbocycles. The van der Waals surface area contributed by atoms with Gasteiger partial charge < -0.3 is 15.6 Å². The number of aromatic amines is 1. The summed E-state index contributed by atoms with van der Waals surface area (Å²) in [5, 5.41) is 8.26. The molecule has 1 saturated heterocycles. The van der Waals surface area contributed by atoms with Crippen molar-refractivity contribution in [2.45, 2.75) is 38.8 Å². The maximum atomic E-state index is 12.6. The van der Waals surface area contributed by atoms with Gasteiger partial charge in [-0.1, -0.05) is 32.0 Å². The molecule has 6 heteroatoms. The van der Waals surface area contributed by atoms with E-state index in [1.165, 1.54) is 12.5 Å². The predicted molar refractivity (Wildman–Crippen MR) is 98.7 cm³/mol. The fourth-order valence-electron chi connectivity index (χ4n) is 3.11. The fraction of sp³-hybridized carbons (Fsp3) is 0.500. The van der Waals surface area contributed by atoms with Crippen LogP contribution in [-0.2, 0) is 9.68 Å². The number of hydrogen-bond acceptors (Lipinski definition) is 4. The first-order chi connectivity index (χ1) is 11.5. The molecule has 0 bridgehead atoms. The maximum Gasteiger partial charge on any atom is 0.240 e. The lowest BCUT2D eigenvalue weighted by atomic mass is 10.0. The lowest BCUT2D eigenvalue weighted by Crippen LogP contribution is -2.46. The van der Waals surface area contributed by atoms with E-state index in [1.54, 1.807) is 0 Å². The maximum absolute atomic E-state index is 12.6. The summed E-state index contributed by atoms with van der Waals surface area (Å²) in [6.45, 7) is 4.80. The van der Waals surface area contributed by atoms with E-state index in [1.807, 2.05) is 30.9 Å². The highest BCUT2D eigenvalue weighted by atomic mass is 17.1. The number of amides is 1. The molecule has 1 amide bonds. The minimum atomic E-state index is -0.407. The number of aromatic nitrogens is 1. The molecular weight excluding hydrogens is 306 g/mol. The Morgan fingerprint density at radius 2 is 2.12 bits per heavy atom. The van der Waals surface area contributed by atoms with Gasteiger partial charge in [-0.15, -0.1) is 0 Å². The number of nitrogens with two attached hydrogens (primary N) is 1. The smallest absolute Gasteiger partial charge is 0.240 e. The minimum Gasteiger partial charge on any atom is -0.357 e. The molecule has 136 valence electrons. The third-order valence-electron chi connectivity index (χ3n) is 4.45. The molecule has 4 N–H and O–H groups in total. The number of rotatable bonds is 3. The van der Waals surface area contributed by atoms with Gasteiger partial charge in [-0.3, -0.25) is 10.1 Å². The largest absolute Gasteiger partial charge is 0.357 e. The highest BCUT2D eigenvalue weighted by Crippen LogP contribution is 2.33. The quantitative estimate of drug-likeness (QED) is 0.591. The first kappa shape index (κ1) is 18.4. The molecule has 1 aliphatic heterocycles. The third-order valence-corrected chi connectivity index (χ3v) is 4.45. The number of hydrogen-bond donors (Lipinski definition) is 3. The van der Waals surface area contributed by atoms with Crippen LogP contribution in [0.25, 0.3) is 10.9 Å². The Labute approximate surface area is 145 Å². The van der Waals surface area contributed by atoms with Crippen molar-refractivity contribution >= 4 is 16.8 Å². The first-order valence-corrected chi connectivity index (χ1v) is 8.30. The lowest BCUT2D eigenvalue weighted by Gasteiger charge is -2.28. The Kier molecular flexibility index (Phi) is 6.36. The number of para-hydroxylation sites is 1. The number of fused-ring (bicyclic) bond motifs is 1. The number of carbonyl (C=O) groups is 1. The van der Waals surface area contributed by atoms with Crippen LogP contribution in [0.5, 0.6) is 0 Å². The predicted octanol–water partition coefficient (Wildman–Crippen LogP) is 3.41. The molecule has 2 atom stereocenters. The van der Waals surface area contributed by atoms with E-state index in [4.69, 9.17) is 11.0 Å². The molecule has 2 heterocycles. The van der Waals surface area contributed by atoms with Crippen molar-refractivity contribution in [2.75, 3.05) is 13.7 Å². The highest BCUT2D eigenvalue weighted by molar-refractivity contribution is 5.84. The van der Waals surface area contributed by atoms with Crippen LogP contribution in [-0.4, -0.2) is 40.7 Å². The van der Waals surface area contributed by atoms with Crippen molar-refractivity contribution < 1.29 is 17.8 Å². The van der Waals surface area contributed by atoms with Crippen molar-refractivity contribution in [3.63, 3.8) is 0 Å². The van der Waals surface area contributed by atoms with Gasteiger partial charge in [-0.05, 0) is 36.3 Å². The van der Waals surface area contributed by atoms with Crippen molar-refractivity contribution in [1.29, 1.82) is 0 Å². The van der Waals surface area contributed by atoms with E-state index in [2.05, 4.69) is 28.1 Å². The molecule has 0 aliphatic carbocycles. The zero-order valence-electron chi connectivity index (χ0n) is 14.5. The van der Waals surface area contributed by atoms with Crippen LogP contribution in [0.15, 0.2) is 30.3 Å². The average Bonchev–Trinajstić information content (AvgIpc) is 3.20. The SMILES string of the molecule is CC(C)[C@H](N)C(=O)N1CCC[C@H]1c1cc2ccccc2[nH]1.COO.[HH].[HH]. The summed E-state index contributed by atoms with van der Waals surface area (Å²) in [4.78, 5) is 21.2. The number of nitrogens with one attached hydrogen (secondary N) is 1. The molecule has 1 aliphatic rings. The summed E-state index contributed by atoms with van der Waals surface area (Å²) in [6, 6.07) is 10.1. The zero-order valence-corrected chi connectivity index (χ0v) is 14.5. The normalized spacial score (nSPS) is 18.6. The van der Waals surface area contributed by atoms with Gasteiger partial charge in [0.05, 0.1) is 19.2 Å². The van der Waals surface area contributed by atoms with E-state index in [9.17, 15) is 4.79 Å². The number of likely N-dealkylation sites (tertiary alicyclic amines) is 1. The van der Waals surface area contributed by atoms with E-state index >= 15 is 0 Å². The Morgan fingerprint density at radius 3 is 2.75 bits per heavy atom. The first-order valence-electron chi connectivity index (χ1n) is 8.30. The number of benzene rings is 1. The van der Waals surface area contributed by atoms with Gasteiger partial charge in [0.2, 0.25) is 5.91 Å². The van der Waals surface area contributed by atoms with Crippen LogP contribution in [0.4, 0.5) is 0 Å². The standard InChI is InChI=1S/C17H23N3O.CH4O2.2H2/c1-11(2)16(18)17(21)20-9-5-8-15(20)14-10-12-6-3-4-7-13(12)19-14;1-3-2;;/h3-4,6-7,10-11,15-16,19H,5,8-9,18H2,1-2H3;2H,1H3;2*1H/t15-,16-;;;/m0.../s1. The van der Waals surface area contributed by atoms with Crippen LogP contribution >= 0.6 is 0 Å². The Hall–Kier alpha value is -1.89. The topological polar surface area (TPSA) is 91.6 Å². The highest BCUT2D eigenvalue weighted by Gasteiger charge is 2.34. The molecule has 0 spiro atoms. The third kappa shape index (κ3) is 3.95. The number of carbonyl (C=O) groups excluding carboxylic acids is 1. The van der Waals surface area contributed by atoms with Gasteiger partial charge in [0.1, 0.15) is 0 Å². The van der Waals surface area contributed by atoms with E-state index in [-0.39, 0.29) is 20.7 Å². The van der Waals surface area contributed by atoms with Crippen LogP contribution in [0.2, 0.25) is 0 Å². The molecule has 2 aromatic rings. The number of nitrogens with zero attached hydrogens (tertiary/aromatic N) is 1. The molecule has 0 saturated carbocycles. The minimum absolute atomic E-state index is 0. The summed E-state index contributed by atoms with van der Waals surface area (Å²) in [6.07, 6.45) is 2.04. The molecular formula is C18H31N3O3. The van der Waals surface area contributed by atoms with Crippen LogP contribution in [0, 0.1) is 5.92 Å². The summed E-state index contributed by atoms with van der Waals surface area (Å²) < 4.78 is 0. The Morgan fingerprint density at radius 1 is 1.46 bits per heavy atom. The Balaban J connectivity index is 0.00000117. The van der Waals surface area contributed by atoms with Crippen LogP contribution in [0.1, 0.15) is 41.3 Å². The van der Waals surface area contributed by atoms with Gasteiger partial charge in [0, 0.05) is 20.6 Å². The van der Waals surface area contributed by atoms with Gasteiger partial charge in [-0.2, -0.15) is 0 Å². The second-order valence-electron chi connectivity index (χ2n) is 6.45. The van der Waals surface area contributed by atoms with Crippen LogP contribution < -0.4 is 5.73 Å². The van der Waals surface area contributed by atoms with Crippen molar-refractivity contribution in [3.05, 3.63) is 36.0 Å². The van der Waals surface area contributed by atoms with E-state index in [0.29, 0.717) is 0 Å². The van der Waals surface area contributed by atoms with Gasteiger partial charge in [0.15, 0.2) is 0 Å². The van der Waals surface area contributed by atoms with Crippen molar-refractivity contribution in [3.8, 4) is 0 Å². The Bertz CT molecular complexity index is 645. The van der Waals surface area contributed by atoms with E-state index in [0.717, 1.165) is 30.6 Å². The molecule has 1 fully saturated rings. The lowest BCUT2D eigenvalue weighted by molar-refractivity contribution is -0.214. The van der Waals surface area contributed by atoms with Gasteiger partial charge in [-0.25, -0.2) is 4.89 Å². The second-order valence-corrected chi connectivity index (χ2v) is 6.45. The second kappa shape index (κ2) is 8.28. The zero-order chi connectivity index (χ0) is 17.7. The van der Waals surface area contributed by atoms with Gasteiger partial charge in [0.25, 0.3) is 0 Å². The summed E-state index contributed by atoms with van der Waals surface area (Å²) in [5.74, 6) is 0.243. The average molecular weight is 337 g/mol. The van der Waals surface area contributed by atoms with Crippen LogP contribution in [0.3, 0.4) is 0 Å². The molecule has 0 unspecified atom stereocenters. The number of H-pyrrole nitrogens is 1. The molecule has 0 radical (unpaired) electrons. The van der Waals surface area contributed by atoms with Gasteiger partial charge >= 0.3 is 0 Å². The molecule has 3 rings (SSSR count). The monoisotopic (exact) mass is 337 g/mol. The van der Waals surface area contributed by atoms with Crippen molar-refractivity contribution in [1.82, 2.24) is 9.88 Å². The summed E-state index contributed by atoms with van der Waals surface area (Å²) in [5.41, 5.74) is 8.30. The van der Waals surface area contributed by atoms with Crippen molar-refractivity contribution in [2.24, 2.45) is 11.7 Å². The summed E-state index contributed by atoms with van der Waals surface area (Å²) in [7, 11) is 1.18.